The lowest BCUT2D eigenvalue weighted by atomic mass is 10.1. The van der Waals surface area contributed by atoms with Crippen molar-refractivity contribution in [3.05, 3.63) is 74.7 Å². The molecule has 0 aliphatic rings. The minimum atomic E-state index is -0.162. The van der Waals surface area contributed by atoms with E-state index in [0.29, 0.717) is 28.7 Å². The quantitative estimate of drug-likeness (QED) is 0.317. The molecular formula is C24H21BrClN3O2. The Balaban J connectivity index is 1.75. The van der Waals surface area contributed by atoms with Crippen LogP contribution >= 0.6 is 27.5 Å². The molecule has 4 rings (SSSR count). The standard InChI is InChI=1S/C24H21BrClN3O2/c1-2-3-8-21-28-24(26)19(14-30)29(21)13-15-9-10-20-18(11-15)22(25)23(31-20)17-7-5-4-6-16(17)12-27/h4-7,9-11,30H,2-3,8,13-14H2,1H3. The van der Waals surface area contributed by atoms with Gasteiger partial charge in [-0.2, -0.15) is 5.26 Å². The first-order valence-electron chi connectivity index (χ1n) is 10.1. The molecule has 0 radical (unpaired) electrons. The summed E-state index contributed by atoms with van der Waals surface area (Å²) < 4.78 is 8.89. The number of rotatable bonds is 7. The highest BCUT2D eigenvalue weighted by atomic mass is 79.9. The summed E-state index contributed by atoms with van der Waals surface area (Å²) in [6.45, 7) is 2.52. The minimum absolute atomic E-state index is 0.162. The Labute approximate surface area is 194 Å². The van der Waals surface area contributed by atoms with Crippen molar-refractivity contribution in [2.24, 2.45) is 0 Å². The average Bonchev–Trinajstić information content (AvgIpc) is 3.27. The second-order valence-corrected chi connectivity index (χ2v) is 8.50. The summed E-state index contributed by atoms with van der Waals surface area (Å²) in [5, 5.41) is 20.5. The van der Waals surface area contributed by atoms with Gasteiger partial charge in [0.2, 0.25) is 0 Å². The van der Waals surface area contributed by atoms with E-state index in [9.17, 15) is 10.4 Å². The molecule has 1 N–H and O–H groups in total. The zero-order valence-electron chi connectivity index (χ0n) is 17.0. The van der Waals surface area contributed by atoms with Crippen LogP contribution in [0.2, 0.25) is 5.15 Å². The molecule has 2 aromatic carbocycles. The van der Waals surface area contributed by atoms with Crippen molar-refractivity contribution in [1.29, 1.82) is 5.26 Å². The van der Waals surface area contributed by atoms with Crippen molar-refractivity contribution in [2.75, 3.05) is 0 Å². The fourth-order valence-corrected chi connectivity index (χ4v) is 4.58. The predicted octanol–water partition coefficient (Wildman–Crippen LogP) is 6.47. The van der Waals surface area contributed by atoms with Crippen LogP contribution in [0.25, 0.3) is 22.3 Å². The van der Waals surface area contributed by atoms with Gasteiger partial charge < -0.3 is 14.1 Å². The number of aromatic nitrogens is 2. The summed E-state index contributed by atoms with van der Waals surface area (Å²) in [7, 11) is 0. The lowest BCUT2D eigenvalue weighted by Crippen LogP contribution is -2.09. The van der Waals surface area contributed by atoms with E-state index in [1.807, 2.05) is 34.9 Å². The van der Waals surface area contributed by atoms with E-state index in [-0.39, 0.29) is 6.61 Å². The molecule has 31 heavy (non-hydrogen) atoms. The molecule has 0 aliphatic carbocycles. The number of imidazole rings is 1. The van der Waals surface area contributed by atoms with Crippen LogP contribution in [0.5, 0.6) is 0 Å². The molecule has 4 aromatic rings. The van der Waals surface area contributed by atoms with Crippen LogP contribution < -0.4 is 0 Å². The number of fused-ring (bicyclic) bond motifs is 1. The average molecular weight is 499 g/mol. The van der Waals surface area contributed by atoms with Crippen molar-refractivity contribution < 1.29 is 9.52 Å². The maximum atomic E-state index is 9.82. The summed E-state index contributed by atoms with van der Waals surface area (Å²) in [5.41, 5.74) is 3.71. The van der Waals surface area contributed by atoms with Crippen LogP contribution in [0.15, 0.2) is 51.4 Å². The SMILES string of the molecule is CCCCc1nc(Cl)c(CO)n1Cc1ccc2oc(-c3ccccc3C#N)c(Br)c2c1. The monoisotopic (exact) mass is 497 g/mol. The molecule has 0 unspecified atom stereocenters. The first kappa shape index (κ1) is 21.6. The van der Waals surface area contributed by atoms with Gasteiger partial charge in [-0.1, -0.05) is 43.1 Å². The maximum Gasteiger partial charge on any atom is 0.152 e. The number of hydrogen-bond acceptors (Lipinski definition) is 4. The molecule has 0 spiro atoms. The van der Waals surface area contributed by atoms with Gasteiger partial charge in [0.1, 0.15) is 11.4 Å². The number of nitriles is 1. The molecule has 0 atom stereocenters. The van der Waals surface area contributed by atoms with Crippen molar-refractivity contribution in [3.8, 4) is 17.4 Å². The van der Waals surface area contributed by atoms with Gasteiger partial charge in [0, 0.05) is 23.9 Å². The normalized spacial score (nSPS) is 11.2. The molecule has 0 aliphatic heterocycles. The molecule has 0 saturated carbocycles. The van der Waals surface area contributed by atoms with Gasteiger partial charge in [0.05, 0.1) is 28.4 Å². The number of nitrogens with zero attached hydrogens (tertiary/aromatic N) is 3. The number of aryl methyl sites for hydroxylation is 1. The second kappa shape index (κ2) is 9.27. The molecule has 7 heteroatoms. The summed E-state index contributed by atoms with van der Waals surface area (Å²) in [4.78, 5) is 4.47. The zero-order valence-corrected chi connectivity index (χ0v) is 19.4. The largest absolute Gasteiger partial charge is 0.455 e. The van der Waals surface area contributed by atoms with Gasteiger partial charge in [-0.15, -0.1) is 0 Å². The number of aliphatic hydroxyl groups excluding tert-OH is 1. The van der Waals surface area contributed by atoms with Crippen molar-refractivity contribution in [2.45, 2.75) is 39.3 Å². The highest BCUT2D eigenvalue weighted by Crippen LogP contribution is 2.39. The number of hydrogen-bond donors (Lipinski definition) is 1. The van der Waals surface area contributed by atoms with E-state index >= 15 is 0 Å². The molecule has 2 heterocycles. The molecule has 0 fully saturated rings. The number of benzene rings is 2. The first-order valence-corrected chi connectivity index (χ1v) is 11.3. The van der Waals surface area contributed by atoms with Gasteiger partial charge in [-0.3, -0.25) is 0 Å². The Hall–Kier alpha value is -2.59. The van der Waals surface area contributed by atoms with Crippen LogP contribution in [0, 0.1) is 11.3 Å². The molecule has 2 aromatic heterocycles. The first-order chi connectivity index (χ1) is 15.1. The molecular weight excluding hydrogens is 478 g/mol. The third-order valence-electron chi connectivity index (χ3n) is 5.33. The van der Waals surface area contributed by atoms with Crippen LogP contribution in [-0.2, 0) is 19.6 Å². The number of furan rings is 1. The van der Waals surface area contributed by atoms with E-state index in [0.717, 1.165) is 51.7 Å². The van der Waals surface area contributed by atoms with Crippen LogP contribution in [0.4, 0.5) is 0 Å². The van der Waals surface area contributed by atoms with Crippen LogP contribution in [0.1, 0.15) is 42.4 Å². The van der Waals surface area contributed by atoms with Gasteiger partial charge >= 0.3 is 0 Å². The smallest absolute Gasteiger partial charge is 0.152 e. The topological polar surface area (TPSA) is 75.0 Å². The highest BCUT2D eigenvalue weighted by molar-refractivity contribution is 9.10. The highest BCUT2D eigenvalue weighted by Gasteiger charge is 2.19. The van der Waals surface area contributed by atoms with Gasteiger partial charge in [-0.25, -0.2) is 4.98 Å². The fraction of sp³-hybridized carbons (Fsp3) is 0.250. The number of aliphatic hydroxyl groups is 1. The van der Waals surface area contributed by atoms with Crippen molar-refractivity contribution in [1.82, 2.24) is 9.55 Å². The number of halogens is 2. The van der Waals surface area contributed by atoms with E-state index in [1.165, 1.54) is 0 Å². The molecule has 0 saturated heterocycles. The van der Waals surface area contributed by atoms with Gasteiger partial charge in [0.25, 0.3) is 0 Å². The Morgan fingerprint density at radius 2 is 2.06 bits per heavy atom. The Bertz CT molecular complexity index is 1290. The fourth-order valence-electron chi connectivity index (χ4n) is 3.72. The van der Waals surface area contributed by atoms with Gasteiger partial charge in [0.15, 0.2) is 10.9 Å². The van der Waals surface area contributed by atoms with Crippen molar-refractivity contribution in [3.63, 3.8) is 0 Å². The third kappa shape index (κ3) is 4.14. The van der Waals surface area contributed by atoms with Crippen molar-refractivity contribution >= 4 is 38.5 Å². The molecule has 5 nitrogen and oxygen atoms in total. The Morgan fingerprint density at radius 1 is 1.26 bits per heavy atom. The molecule has 0 amide bonds. The molecule has 0 bridgehead atoms. The van der Waals surface area contributed by atoms with Crippen LogP contribution in [-0.4, -0.2) is 14.7 Å². The Morgan fingerprint density at radius 3 is 2.81 bits per heavy atom. The number of unbranched alkanes of at least 4 members (excludes halogenated alkanes) is 1. The summed E-state index contributed by atoms with van der Waals surface area (Å²) in [6.07, 6.45) is 2.87. The van der Waals surface area contributed by atoms with E-state index < -0.39 is 0 Å². The van der Waals surface area contributed by atoms with Crippen LogP contribution in [0.3, 0.4) is 0 Å². The third-order valence-corrected chi connectivity index (χ3v) is 6.42. The summed E-state index contributed by atoms with van der Waals surface area (Å²) in [6, 6.07) is 15.6. The molecule has 158 valence electrons. The lowest BCUT2D eigenvalue weighted by Gasteiger charge is -2.11. The predicted molar refractivity (Wildman–Crippen MR) is 125 cm³/mol. The Kier molecular flexibility index (Phi) is 6.47. The zero-order chi connectivity index (χ0) is 22.0. The van der Waals surface area contributed by atoms with E-state index in [2.05, 4.69) is 40.0 Å². The van der Waals surface area contributed by atoms with Gasteiger partial charge in [-0.05, 0) is 52.2 Å². The minimum Gasteiger partial charge on any atom is -0.455 e. The summed E-state index contributed by atoms with van der Waals surface area (Å²) >= 11 is 9.94. The summed E-state index contributed by atoms with van der Waals surface area (Å²) in [5.74, 6) is 1.51. The maximum absolute atomic E-state index is 9.82. The lowest BCUT2D eigenvalue weighted by molar-refractivity contribution is 0.271. The van der Waals surface area contributed by atoms with E-state index in [4.69, 9.17) is 16.0 Å². The second-order valence-electron chi connectivity index (χ2n) is 7.35. The van der Waals surface area contributed by atoms with E-state index in [1.54, 1.807) is 6.07 Å².